The van der Waals surface area contributed by atoms with Crippen LogP contribution in [0.1, 0.15) is 18.2 Å². The smallest absolute Gasteiger partial charge is 1.00 e. The molecule has 1 heterocycles. The number of hydrogen-bond acceptors (Lipinski definition) is 3. The van der Waals surface area contributed by atoms with Gasteiger partial charge >= 0.3 is 29.6 Å². The summed E-state index contributed by atoms with van der Waals surface area (Å²) in [5, 5.41) is 0. The zero-order chi connectivity index (χ0) is 10.7. The van der Waals surface area contributed by atoms with Crippen LogP contribution >= 0.6 is 0 Å². The minimum absolute atomic E-state index is 0. The fourth-order valence-corrected chi connectivity index (χ4v) is 1.86. The van der Waals surface area contributed by atoms with Crippen molar-refractivity contribution < 1.29 is 44.5 Å². The van der Waals surface area contributed by atoms with Gasteiger partial charge in [0.05, 0.1) is 18.6 Å². The summed E-state index contributed by atoms with van der Waals surface area (Å²) in [7, 11) is 1.58. The Kier molecular flexibility index (Phi) is 6.63. The van der Waals surface area contributed by atoms with Crippen molar-refractivity contribution in [3.05, 3.63) is 23.0 Å². The fourth-order valence-electron chi connectivity index (χ4n) is 1.33. The second kappa shape index (κ2) is 6.60. The Balaban J connectivity index is 0. The van der Waals surface area contributed by atoms with Gasteiger partial charge < -0.3 is 10.7 Å². The first-order chi connectivity index (χ1) is 6.56. The van der Waals surface area contributed by atoms with Crippen molar-refractivity contribution in [2.24, 2.45) is 0 Å². The van der Waals surface area contributed by atoms with Crippen molar-refractivity contribution in [2.75, 3.05) is 7.11 Å². The SMILES string of the molecule is COc1c(C)cnc(CS(=O)O)c1C.[H-].[Na+]. The van der Waals surface area contributed by atoms with Crippen LogP contribution in [-0.2, 0) is 16.8 Å². The summed E-state index contributed by atoms with van der Waals surface area (Å²) >= 11 is -1.86. The van der Waals surface area contributed by atoms with Gasteiger partial charge in [0.2, 0.25) is 0 Å². The van der Waals surface area contributed by atoms with Gasteiger partial charge in [0.15, 0.2) is 11.1 Å². The second-order valence-corrected chi connectivity index (χ2v) is 3.94. The number of methoxy groups -OCH3 is 1. The number of rotatable bonds is 3. The predicted octanol–water partition coefficient (Wildman–Crippen LogP) is -1.45. The minimum atomic E-state index is -1.86. The van der Waals surface area contributed by atoms with E-state index in [9.17, 15) is 4.21 Å². The average Bonchev–Trinajstić information content (AvgIpc) is 2.10. The molecule has 0 radical (unpaired) electrons. The first kappa shape index (κ1) is 15.1. The third-order valence-corrected chi connectivity index (χ3v) is 2.53. The van der Waals surface area contributed by atoms with Crippen molar-refractivity contribution in [1.82, 2.24) is 4.98 Å². The van der Waals surface area contributed by atoms with Crippen molar-refractivity contribution in [1.29, 1.82) is 0 Å². The molecule has 0 spiro atoms. The molecule has 1 unspecified atom stereocenters. The first-order valence-corrected chi connectivity index (χ1v) is 5.40. The molecule has 1 rings (SSSR count). The van der Waals surface area contributed by atoms with Crippen molar-refractivity contribution in [3.8, 4) is 5.75 Å². The molecule has 0 amide bonds. The summed E-state index contributed by atoms with van der Waals surface area (Å²) in [6.07, 6.45) is 1.65. The van der Waals surface area contributed by atoms with E-state index in [0.717, 1.165) is 16.9 Å². The second-order valence-electron chi connectivity index (χ2n) is 3.01. The quantitative estimate of drug-likeness (QED) is 0.517. The van der Waals surface area contributed by atoms with E-state index >= 15 is 0 Å². The maximum atomic E-state index is 10.6. The average molecular weight is 239 g/mol. The van der Waals surface area contributed by atoms with Crippen LogP contribution in [-0.4, -0.2) is 20.9 Å². The normalized spacial score (nSPS) is 11.7. The molecule has 1 atom stereocenters. The van der Waals surface area contributed by atoms with Gasteiger partial charge in [0, 0.05) is 17.3 Å². The molecule has 0 aliphatic rings. The molecule has 0 bridgehead atoms. The molecule has 0 aromatic carbocycles. The van der Waals surface area contributed by atoms with Gasteiger partial charge in [-0.1, -0.05) is 0 Å². The van der Waals surface area contributed by atoms with Gasteiger partial charge in [-0.15, -0.1) is 0 Å². The summed E-state index contributed by atoms with van der Waals surface area (Å²) in [6.45, 7) is 3.72. The van der Waals surface area contributed by atoms with Gasteiger partial charge in [-0.2, -0.15) is 0 Å². The fraction of sp³-hybridized carbons (Fsp3) is 0.444. The maximum absolute atomic E-state index is 10.6. The number of aromatic nitrogens is 1. The van der Waals surface area contributed by atoms with Crippen molar-refractivity contribution in [3.63, 3.8) is 0 Å². The summed E-state index contributed by atoms with van der Waals surface area (Å²) in [4.78, 5) is 4.09. The van der Waals surface area contributed by atoms with Crippen LogP contribution < -0.4 is 34.3 Å². The third kappa shape index (κ3) is 3.85. The van der Waals surface area contributed by atoms with Crippen molar-refractivity contribution >= 4 is 11.1 Å². The Labute approximate surface area is 116 Å². The van der Waals surface area contributed by atoms with Crippen LogP contribution in [0.2, 0.25) is 0 Å². The molecule has 0 aliphatic heterocycles. The van der Waals surface area contributed by atoms with E-state index in [1.807, 2.05) is 13.8 Å². The third-order valence-electron chi connectivity index (χ3n) is 2.01. The monoisotopic (exact) mass is 239 g/mol. The maximum Gasteiger partial charge on any atom is 1.00 e. The Morgan fingerprint density at radius 3 is 2.67 bits per heavy atom. The number of aryl methyl sites for hydroxylation is 1. The number of nitrogens with zero attached hydrogens (tertiary/aromatic N) is 1. The van der Waals surface area contributed by atoms with E-state index < -0.39 is 11.1 Å². The van der Waals surface area contributed by atoms with E-state index in [-0.39, 0.29) is 36.7 Å². The Morgan fingerprint density at radius 1 is 1.60 bits per heavy atom. The Bertz CT molecular complexity index is 376. The molecule has 15 heavy (non-hydrogen) atoms. The summed E-state index contributed by atoms with van der Waals surface area (Å²) in [5.41, 5.74) is 2.36. The summed E-state index contributed by atoms with van der Waals surface area (Å²) in [6, 6.07) is 0. The molecule has 80 valence electrons. The van der Waals surface area contributed by atoms with Gasteiger partial charge in [0.1, 0.15) is 5.75 Å². The predicted molar refractivity (Wildman–Crippen MR) is 55.9 cm³/mol. The number of ether oxygens (including phenoxy) is 1. The van der Waals surface area contributed by atoms with Crippen LogP contribution in [0, 0.1) is 13.8 Å². The van der Waals surface area contributed by atoms with E-state index in [0.29, 0.717) is 5.69 Å². The van der Waals surface area contributed by atoms with Crippen LogP contribution in [0.25, 0.3) is 0 Å². The molecule has 0 aliphatic carbocycles. The van der Waals surface area contributed by atoms with E-state index in [1.165, 1.54) is 0 Å². The molecular weight excluding hydrogens is 225 g/mol. The molecule has 1 aromatic heterocycles. The van der Waals surface area contributed by atoms with Crippen LogP contribution in [0.4, 0.5) is 0 Å². The first-order valence-electron chi connectivity index (χ1n) is 4.12. The van der Waals surface area contributed by atoms with Crippen LogP contribution in [0.5, 0.6) is 5.75 Å². The molecule has 1 aromatic rings. The minimum Gasteiger partial charge on any atom is -1.00 e. The molecule has 0 saturated heterocycles. The molecule has 4 nitrogen and oxygen atoms in total. The van der Waals surface area contributed by atoms with Crippen LogP contribution in [0.3, 0.4) is 0 Å². The van der Waals surface area contributed by atoms with Crippen molar-refractivity contribution in [2.45, 2.75) is 19.6 Å². The Morgan fingerprint density at radius 2 is 2.20 bits per heavy atom. The molecule has 6 heteroatoms. The van der Waals surface area contributed by atoms with Crippen LogP contribution in [0.15, 0.2) is 6.20 Å². The molecule has 1 N–H and O–H groups in total. The molecule has 0 saturated carbocycles. The number of hydrogen-bond donors (Lipinski definition) is 1. The van der Waals surface area contributed by atoms with Gasteiger partial charge in [-0.3, -0.25) is 4.98 Å². The molecular formula is C9H14NNaO3S. The van der Waals surface area contributed by atoms with E-state index in [1.54, 1.807) is 13.3 Å². The molecule has 0 fully saturated rings. The number of pyridine rings is 1. The van der Waals surface area contributed by atoms with Gasteiger partial charge in [0.25, 0.3) is 0 Å². The largest absolute Gasteiger partial charge is 1.00 e. The standard InChI is InChI=1S/C9H13NO3S.Na.H/c1-6-4-10-8(5-14(11)12)7(2)9(6)13-3;;/h4H,5H2,1-3H3,(H,11,12);;/q;+1;-1. The van der Waals surface area contributed by atoms with E-state index in [2.05, 4.69) is 4.98 Å². The van der Waals surface area contributed by atoms with E-state index in [4.69, 9.17) is 9.29 Å². The zero-order valence-corrected chi connectivity index (χ0v) is 12.2. The summed E-state index contributed by atoms with van der Waals surface area (Å²) in [5.74, 6) is 0.781. The van der Waals surface area contributed by atoms with Gasteiger partial charge in [-0.05, 0) is 13.8 Å². The zero-order valence-electron chi connectivity index (χ0n) is 10.4. The summed E-state index contributed by atoms with van der Waals surface area (Å²) < 4.78 is 24.6. The Hall–Kier alpha value is 0.0600. The van der Waals surface area contributed by atoms with Gasteiger partial charge in [-0.25, -0.2) is 4.21 Å². The topological polar surface area (TPSA) is 59.4 Å².